The molecule has 4 rings (SSSR count). The molecule has 146 valence electrons. The fourth-order valence-electron chi connectivity index (χ4n) is 4.47. The molecule has 27 heavy (non-hydrogen) atoms. The molecule has 2 aliphatic heterocycles. The molecule has 2 amide bonds. The van der Waals surface area contributed by atoms with Gasteiger partial charge in [0.05, 0.1) is 11.6 Å². The predicted molar refractivity (Wildman–Crippen MR) is 104 cm³/mol. The minimum Gasteiger partial charge on any atom is -0.492 e. The molecule has 1 aliphatic carbocycles. The van der Waals surface area contributed by atoms with E-state index >= 15 is 0 Å². The summed E-state index contributed by atoms with van der Waals surface area (Å²) >= 11 is 6.07. The fourth-order valence-corrected chi connectivity index (χ4v) is 4.66. The number of benzene rings is 1. The zero-order valence-corrected chi connectivity index (χ0v) is 16.4. The average molecular weight is 391 g/mol. The van der Waals surface area contributed by atoms with Crippen LogP contribution in [0.15, 0.2) is 24.3 Å². The van der Waals surface area contributed by atoms with Crippen molar-refractivity contribution in [1.82, 2.24) is 9.80 Å². The third kappa shape index (κ3) is 4.23. The number of amides is 2. The second-order valence-electron chi connectivity index (χ2n) is 7.91. The highest BCUT2D eigenvalue weighted by atomic mass is 35.5. The largest absolute Gasteiger partial charge is 0.492 e. The van der Waals surface area contributed by atoms with E-state index in [9.17, 15) is 9.59 Å². The van der Waals surface area contributed by atoms with Crippen molar-refractivity contribution in [2.75, 3.05) is 19.7 Å². The van der Waals surface area contributed by atoms with Gasteiger partial charge in [-0.2, -0.15) is 0 Å². The number of hydrogen-bond acceptors (Lipinski definition) is 3. The molecule has 2 atom stereocenters. The zero-order chi connectivity index (χ0) is 18.8. The van der Waals surface area contributed by atoms with Crippen LogP contribution in [-0.2, 0) is 9.59 Å². The Morgan fingerprint density at radius 1 is 1.19 bits per heavy atom. The molecule has 1 saturated carbocycles. The van der Waals surface area contributed by atoms with Crippen LogP contribution in [0.25, 0.3) is 0 Å². The van der Waals surface area contributed by atoms with E-state index in [0.717, 1.165) is 38.8 Å². The number of likely N-dealkylation sites (tertiary alicyclic amines) is 2. The van der Waals surface area contributed by atoms with Crippen LogP contribution in [0.3, 0.4) is 0 Å². The molecule has 1 aromatic carbocycles. The van der Waals surface area contributed by atoms with E-state index < -0.39 is 0 Å². The number of nitrogens with zero attached hydrogens (tertiary/aromatic N) is 2. The lowest BCUT2D eigenvalue weighted by atomic mass is 9.83. The normalized spacial score (nSPS) is 25.3. The van der Waals surface area contributed by atoms with Crippen LogP contribution >= 0.6 is 11.6 Å². The Labute approximate surface area is 165 Å². The van der Waals surface area contributed by atoms with Gasteiger partial charge in [0.15, 0.2) is 0 Å². The maximum atomic E-state index is 12.6. The second kappa shape index (κ2) is 8.09. The van der Waals surface area contributed by atoms with E-state index in [4.69, 9.17) is 16.3 Å². The zero-order valence-electron chi connectivity index (χ0n) is 15.6. The number of carbonyl (C=O) groups excluding carboxylic acids is 2. The van der Waals surface area contributed by atoms with E-state index in [1.54, 1.807) is 6.07 Å². The Hall–Kier alpha value is -1.75. The van der Waals surface area contributed by atoms with Gasteiger partial charge in [-0.1, -0.05) is 23.7 Å². The van der Waals surface area contributed by atoms with Crippen LogP contribution < -0.4 is 4.74 Å². The smallest absolute Gasteiger partial charge is 0.223 e. The molecule has 0 N–H and O–H groups in total. The number of halogens is 1. The number of ether oxygens (including phenoxy) is 1. The monoisotopic (exact) mass is 390 g/mol. The Morgan fingerprint density at radius 2 is 2.00 bits per heavy atom. The lowest BCUT2D eigenvalue weighted by Gasteiger charge is -2.47. The first-order valence-electron chi connectivity index (χ1n) is 10.1. The molecule has 0 radical (unpaired) electrons. The molecule has 6 heteroatoms. The second-order valence-corrected chi connectivity index (χ2v) is 8.32. The van der Waals surface area contributed by atoms with Crippen LogP contribution in [-0.4, -0.2) is 53.4 Å². The molecule has 5 nitrogen and oxygen atoms in total. The van der Waals surface area contributed by atoms with Gasteiger partial charge >= 0.3 is 0 Å². The molecule has 3 aliphatic rings. The van der Waals surface area contributed by atoms with Gasteiger partial charge in [-0.05, 0) is 50.2 Å². The van der Waals surface area contributed by atoms with Crippen molar-refractivity contribution >= 4 is 23.4 Å². The van der Waals surface area contributed by atoms with Crippen molar-refractivity contribution in [3.8, 4) is 5.75 Å². The first-order valence-corrected chi connectivity index (χ1v) is 10.5. The molecule has 2 saturated heterocycles. The number of fused-ring (bicyclic) bond motifs is 1. The van der Waals surface area contributed by atoms with E-state index in [0.29, 0.717) is 60.6 Å². The third-order valence-corrected chi connectivity index (χ3v) is 6.30. The summed E-state index contributed by atoms with van der Waals surface area (Å²) in [6.07, 6.45) is 5.98. The molecule has 0 bridgehead atoms. The summed E-state index contributed by atoms with van der Waals surface area (Å²) in [5.74, 6) is 1.64. The van der Waals surface area contributed by atoms with Gasteiger partial charge in [-0.25, -0.2) is 0 Å². The fraction of sp³-hybridized carbons (Fsp3) is 0.619. The molecule has 1 aromatic rings. The molecule has 3 fully saturated rings. The van der Waals surface area contributed by atoms with Crippen molar-refractivity contribution in [3.63, 3.8) is 0 Å². The van der Waals surface area contributed by atoms with Gasteiger partial charge in [-0.3, -0.25) is 9.59 Å². The quantitative estimate of drug-likeness (QED) is 0.698. The predicted octanol–water partition coefficient (Wildman–Crippen LogP) is 3.50. The summed E-state index contributed by atoms with van der Waals surface area (Å²) in [5.41, 5.74) is 0. The lowest BCUT2D eigenvalue weighted by Crippen LogP contribution is -2.57. The minimum atomic E-state index is 0.200. The Balaban J connectivity index is 1.23. The molecule has 0 aromatic heterocycles. The van der Waals surface area contributed by atoms with E-state index in [2.05, 4.69) is 4.90 Å². The number of hydrogen-bond donors (Lipinski definition) is 0. The van der Waals surface area contributed by atoms with Crippen LogP contribution in [0, 0.1) is 5.92 Å². The molecule has 2 heterocycles. The summed E-state index contributed by atoms with van der Waals surface area (Å²) < 4.78 is 5.67. The van der Waals surface area contributed by atoms with Gasteiger partial charge in [0, 0.05) is 38.0 Å². The molecule has 0 spiro atoms. The van der Waals surface area contributed by atoms with E-state index in [-0.39, 0.29) is 5.91 Å². The highest BCUT2D eigenvalue weighted by molar-refractivity contribution is 6.32. The van der Waals surface area contributed by atoms with Crippen LogP contribution in [0.4, 0.5) is 0 Å². The highest BCUT2D eigenvalue weighted by Crippen LogP contribution is 2.39. The summed E-state index contributed by atoms with van der Waals surface area (Å²) in [5, 5.41) is 0.595. The standard InChI is InChI=1S/C21H27ClN2O3/c22-17-4-1-2-5-19(17)27-13-3-6-20(25)23-12-11-18-15(14-23)7-10-21(26)24(18)16-8-9-16/h1-2,4-5,15-16,18H,3,6-14H2/t15-,18-/m0/s1. The first kappa shape index (κ1) is 18.6. The van der Waals surface area contributed by atoms with Crippen molar-refractivity contribution in [2.45, 2.75) is 57.0 Å². The topological polar surface area (TPSA) is 49.9 Å². The average Bonchev–Trinajstić information content (AvgIpc) is 3.51. The van der Waals surface area contributed by atoms with Gasteiger partial charge < -0.3 is 14.5 Å². The SMILES string of the molecule is O=C(CCCOc1ccccc1Cl)N1CC[C@H]2[C@@H](CCC(=O)N2C2CC2)C1. The lowest BCUT2D eigenvalue weighted by molar-refractivity contribution is -0.145. The van der Waals surface area contributed by atoms with Crippen molar-refractivity contribution in [3.05, 3.63) is 29.3 Å². The minimum absolute atomic E-state index is 0.200. The third-order valence-electron chi connectivity index (χ3n) is 5.99. The van der Waals surface area contributed by atoms with E-state index in [1.165, 1.54) is 0 Å². The van der Waals surface area contributed by atoms with Crippen LogP contribution in [0.2, 0.25) is 5.02 Å². The summed E-state index contributed by atoms with van der Waals surface area (Å²) in [6.45, 7) is 2.05. The Morgan fingerprint density at radius 3 is 2.78 bits per heavy atom. The summed E-state index contributed by atoms with van der Waals surface area (Å²) in [7, 11) is 0. The van der Waals surface area contributed by atoms with Gasteiger partial charge in [0.2, 0.25) is 11.8 Å². The molecular weight excluding hydrogens is 364 g/mol. The summed E-state index contributed by atoms with van der Waals surface area (Å²) in [4.78, 5) is 29.0. The molecule has 0 unspecified atom stereocenters. The number of piperidine rings is 2. The van der Waals surface area contributed by atoms with Gasteiger partial charge in [0.25, 0.3) is 0 Å². The summed E-state index contributed by atoms with van der Waals surface area (Å²) in [6, 6.07) is 8.22. The van der Waals surface area contributed by atoms with Crippen molar-refractivity contribution in [2.24, 2.45) is 5.92 Å². The van der Waals surface area contributed by atoms with Gasteiger partial charge in [-0.15, -0.1) is 0 Å². The van der Waals surface area contributed by atoms with Crippen LogP contribution in [0.1, 0.15) is 44.9 Å². The number of para-hydroxylation sites is 1. The van der Waals surface area contributed by atoms with Gasteiger partial charge in [0.1, 0.15) is 5.75 Å². The highest BCUT2D eigenvalue weighted by Gasteiger charge is 2.45. The van der Waals surface area contributed by atoms with Crippen molar-refractivity contribution in [1.29, 1.82) is 0 Å². The number of rotatable bonds is 6. The van der Waals surface area contributed by atoms with Crippen molar-refractivity contribution < 1.29 is 14.3 Å². The Bertz CT molecular complexity index is 706. The maximum Gasteiger partial charge on any atom is 0.223 e. The Kier molecular flexibility index (Phi) is 5.58. The van der Waals surface area contributed by atoms with E-state index in [1.807, 2.05) is 23.1 Å². The first-order chi connectivity index (χ1) is 13.1. The maximum absolute atomic E-state index is 12.6. The molecular formula is C21H27ClN2O3. The number of carbonyl (C=O) groups is 2. The van der Waals surface area contributed by atoms with Crippen LogP contribution in [0.5, 0.6) is 5.75 Å².